The van der Waals surface area contributed by atoms with Crippen LogP contribution in [0.25, 0.3) is 33.2 Å². The van der Waals surface area contributed by atoms with E-state index < -0.39 is 17.6 Å². The smallest absolute Gasteiger partial charge is 0.253 e. The Morgan fingerprint density at radius 2 is 1.63 bits per heavy atom. The van der Waals surface area contributed by atoms with Crippen molar-refractivity contribution in [1.82, 2.24) is 4.90 Å². The van der Waals surface area contributed by atoms with Crippen LogP contribution in [-0.4, -0.2) is 29.8 Å². The second kappa shape index (κ2) is 8.87. The van der Waals surface area contributed by atoms with Gasteiger partial charge in [-0.25, -0.2) is 17.6 Å². The van der Waals surface area contributed by atoms with Gasteiger partial charge in [-0.3, -0.25) is 4.79 Å². The van der Waals surface area contributed by atoms with Crippen LogP contribution in [-0.2, 0) is 6.42 Å². The van der Waals surface area contributed by atoms with E-state index in [9.17, 15) is 22.4 Å². The molecule has 0 aliphatic carbocycles. The minimum Gasteiger partial charge on any atom is -0.460 e. The van der Waals surface area contributed by atoms with Crippen molar-refractivity contribution in [3.05, 3.63) is 83.6 Å². The molecule has 0 bridgehead atoms. The standard InChI is InChI=1S/C28H23F4NO2/c1-2-22-14-20-13-19(15-24(26(20)35-22)23-8-7-21(29)16-25(23)30)17-3-5-18(6-4-17)27(34)33-11-9-28(31,32)10-12-33/h3-8,13-16H,2,9-12H2,1H3. The number of halogens is 4. The van der Waals surface area contributed by atoms with E-state index in [1.807, 2.05) is 19.1 Å². The molecule has 7 heteroatoms. The molecule has 3 aromatic carbocycles. The summed E-state index contributed by atoms with van der Waals surface area (Å²) < 4.78 is 61.0. The number of benzene rings is 3. The van der Waals surface area contributed by atoms with Crippen LogP contribution in [0.2, 0.25) is 0 Å². The zero-order valence-corrected chi connectivity index (χ0v) is 19.1. The Bertz CT molecular complexity index is 1400. The van der Waals surface area contributed by atoms with Crippen LogP contribution in [0.3, 0.4) is 0 Å². The fourth-order valence-electron chi connectivity index (χ4n) is 4.48. The Morgan fingerprint density at radius 3 is 2.29 bits per heavy atom. The summed E-state index contributed by atoms with van der Waals surface area (Å²) in [5.74, 6) is -3.60. The first-order chi connectivity index (χ1) is 16.7. The van der Waals surface area contributed by atoms with Crippen LogP contribution < -0.4 is 0 Å². The van der Waals surface area contributed by atoms with E-state index in [0.717, 1.165) is 28.3 Å². The van der Waals surface area contributed by atoms with Gasteiger partial charge in [-0.15, -0.1) is 0 Å². The second-order valence-electron chi connectivity index (χ2n) is 8.86. The molecule has 1 aliphatic heterocycles. The Morgan fingerprint density at radius 1 is 0.914 bits per heavy atom. The number of hydrogen-bond donors (Lipinski definition) is 0. The van der Waals surface area contributed by atoms with Gasteiger partial charge in [-0.1, -0.05) is 19.1 Å². The number of hydrogen-bond acceptors (Lipinski definition) is 2. The van der Waals surface area contributed by atoms with Crippen LogP contribution >= 0.6 is 0 Å². The van der Waals surface area contributed by atoms with Gasteiger partial charge in [0.15, 0.2) is 0 Å². The predicted molar refractivity (Wildman–Crippen MR) is 126 cm³/mol. The molecule has 1 amide bonds. The molecule has 0 spiro atoms. The van der Waals surface area contributed by atoms with E-state index >= 15 is 0 Å². The Labute approximate surface area is 200 Å². The van der Waals surface area contributed by atoms with E-state index in [-0.39, 0.29) is 37.4 Å². The lowest BCUT2D eigenvalue weighted by Gasteiger charge is -2.31. The highest BCUT2D eigenvalue weighted by atomic mass is 19.3. The third-order valence-electron chi connectivity index (χ3n) is 6.48. The van der Waals surface area contributed by atoms with Gasteiger partial charge in [0.1, 0.15) is 23.0 Å². The molecule has 0 radical (unpaired) electrons. The van der Waals surface area contributed by atoms with Gasteiger partial charge < -0.3 is 9.32 Å². The average Bonchev–Trinajstić information content (AvgIpc) is 3.27. The quantitative estimate of drug-likeness (QED) is 0.283. The number of carbonyl (C=O) groups is 1. The number of rotatable bonds is 4. The molecule has 5 rings (SSSR count). The highest BCUT2D eigenvalue weighted by molar-refractivity contribution is 5.98. The van der Waals surface area contributed by atoms with Gasteiger partial charge in [0.25, 0.3) is 11.8 Å². The van der Waals surface area contributed by atoms with Crippen molar-refractivity contribution >= 4 is 16.9 Å². The maximum absolute atomic E-state index is 14.7. The predicted octanol–water partition coefficient (Wildman–Crippen LogP) is 7.48. The molecule has 1 fully saturated rings. The SMILES string of the molecule is CCc1cc2cc(-c3ccc(C(=O)N4CCC(F)(F)CC4)cc3)cc(-c3ccc(F)cc3F)c2o1. The molecule has 0 unspecified atom stereocenters. The number of piperidine rings is 1. The number of aryl methyl sites for hydroxylation is 1. The maximum Gasteiger partial charge on any atom is 0.253 e. The first-order valence-corrected chi connectivity index (χ1v) is 11.5. The van der Waals surface area contributed by atoms with Gasteiger partial charge in [0.05, 0.1) is 0 Å². The summed E-state index contributed by atoms with van der Waals surface area (Å²) in [5.41, 5.74) is 3.23. The van der Waals surface area contributed by atoms with Crippen LogP contribution in [0.1, 0.15) is 35.9 Å². The lowest BCUT2D eigenvalue weighted by atomic mass is 9.95. The Kier molecular flexibility index (Phi) is 5.87. The van der Waals surface area contributed by atoms with Crippen LogP contribution in [0.15, 0.2) is 65.1 Å². The zero-order valence-electron chi connectivity index (χ0n) is 19.1. The average molecular weight is 481 g/mol. The third kappa shape index (κ3) is 4.55. The normalized spacial score (nSPS) is 15.5. The number of amides is 1. The van der Waals surface area contributed by atoms with E-state index in [1.54, 1.807) is 30.3 Å². The molecule has 1 aromatic heterocycles. The first kappa shape index (κ1) is 23.1. The van der Waals surface area contributed by atoms with Crippen molar-refractivity contribution in [1.29, 1.82) is 0 Å². The number of fused-ring (bicyclic) bond motifs is 1. The van der Waals surface area contributed by atoms with Crippen molar-refractivity contribution in [2.24, 2.45) is 0 Å². The van der Waals surface area contributed by atoms with Gasteiger partial charge in [-0.05, 0) is 53.6 Å². The number of furan rings is 1. The van der Waals surface area contributed by atoms with Crippen molar-refractivity contribution in [3.8, 4) is 22.3 Å². The van der Waals surface area contributed by atoms with Crippen molar-refractivity contribution in [2.45, 2.75) is 32.1 Å². The number of likely N-dealkylation sites (tertiary alicyclic amines) is 1. The maximum atomic E-state index is 14.7. The summed E-state index contributed by atoms with van der Waals surface area (Å²) in [6.45, 7) is 2.00. The molecule has 1 saturated heterocycles. The lowest BCUT2D eigenvalue weighted by Crippen LogP contribution is -2.42. The molecule has 0 N–H and O–H groups in total. The van der Waals surface area contributed by atoms with Crippen molar-refractivity contribution in [2.75, 3.05) is 13.1 Å². The number of alkyl halides is 2. The highest BCUT2D eigenvalue weighted by Gasteiger charge is 2.35. The van der Waals surface area contributed by atoms with E-state index in [2.05, 4.69) is 0 Å². The van der Waals surface area contributed by atoms with E-state index in [0.29, 0.717) is 23.1 Å². The van der Waals surface area contributed by atoms with E-state index in [1.165, 1.54) is 17.0 Å². The summed E-state index contributed by atoms with van der Waals surface area (Å²) >= 11 is 0. The number of nitrogens with zero attached hydrogens (tertiary/aromatic N) is 1. The molecule has 4 aromatic rings. The van der Waals surface area contributed by atoms with Crippen LogP contribution in [0.4, 0.5) is 17.6 Å². The van der Waals surface area contributed by atoms with E-state index in [4.69, 9.17) is 4.42 Å². The van der Waals surface area contributed by atoms with Crippen LogP contribution in [0.5, 0.6) is 0 Å². The van der Waals surface area contributed by atoms with Gasteiger partial charge in [0.2, 0.25) is 0 Å². The molecule has 35 heavy (non-hydrogen) atoms. The minimum absolute atomic E-state index is 0.0249. The molecule has 2 heterocycles. The largest absolute Gasteiger partial charge is 0.460 e. The molecule has 3 nitrogen and oxygen atoms in total. The molecule has 0 atom stereocenters. The van der Waals surface area contributed by atoms with Gasteiger partial charge >= 0.3 is 0 Å². The lowest BCUT2D eigenvalue weighted by molar-refractivity contribution is -0.0494. The monoisotopic (exact) mass is 481 g/mol. The van der Waals surface area contributed by atoms with Gasteiger partial charge in [0, 0.05) is 60.5 Å². The topological polar surface area (TPSA) is 33.5 Å². The summed E-state index contributed by atoms with van der Waals surface area (Å²) in [7, 11) is 0. The van der Waals surface area contributed by atoms with Crippen molar-refractivity contribution in [3.63, 3.8) is 0 Å². The molecular weight excluding hydrogens is 458 g/mol. The fourth-order valence-corrected chi connectivity index (χ4v) is 4.48. The third-order valence-corrected chi connectivity index (χ3v) is 6.48. The Balaban J connectivity index is 1.50. The zero-order chi connectivity index (χ0) is 24.7. The summed E-state index contributed by atoms with van der Waals surface area (Å²) in [5, 5.41) is 0.785. The molecule has 1 aliphatic rings. The van der Waals surface area contributed by atoms with Crippen molar-refractivity contribution < 1.29 is 26.8 Å². The summed E-state index contributed by atoms with van der Waals surface area (Å²) in [4.78, 5) is 14.2. The Hall–Kier alpha value is -3.61. The molecule has 0 saturated carbocycles. The molecular formula is C28H23F4NO2. The molecule has 180 valence electrons. The minimum atomic E-state index is -2.72. The fraction of sp³-hybridized carbons (Fsp3) is 0.250. The number of carbonyl (C=O) groups excluding carboxylic acids is 1. The summed E-state index contributed by atoms with van der Waals surface area (Å²) in [6, 6.07) is 15.9. The van der Waals surface area contributed by atoms with Gasteiger partial charge in [-0.2, -0.15) is 0 Å². The highest BCUT2D eigenvalue weighted by Crippen LogP contribution is 2.37. The van der Waals surface area contributed by atoms with Crippen LogP contribution in [0, 0.1) is 11.6 Å². The second-order valence-corrected chi connectivity index (χ2v) is 8.86. The summed E-state index contributed by atoms with van der Waals surface area (Å²) in [6.07, 6.45) is 0.00259. The first-order valence-electron chi connectivity index (χ1n) is 11.5.